The fourth-order valence-corrected chi connectivity index (χ4v) is 2.69. The second-order valence-corrected chi connectivity index (χ2v) is 4.68. The Kier molecular flexibility index (Phi) is 3.22. The number of benzene rings is 1. The first-order chi connectivity index (χ1) is 7.72. The number of fused-ring (bicyclic) bond motifs is 1. The zero-order chi connectivity index (χ0) is 11.5. The molecule has 0 aliphatic heterocycles. The van der Waals surface area contributed by atoms with E-state index in [2.05, 4.69) is 12.2 Å². The Hall–Kier alpha value is -1.39. The number of thiophene rings is 1. The Morgan fingerprint density at radius 2 is 2.31 bits per heavy atom. The summed E-state index contributed by atoms with van der Waals surface area (Å²) in [6, 6.07) is 7.36. The molecule has 1 aromatic carbocycles. The number of carboxylic acid groups (broad SMARTS) is 1. The molecule has 0 saturated heterocycles. The van der Waals surface area contributed by atoms with Gasteiger partial charge in [-0.1, -0.05) is 13.0 Å². The third kappa shape index (κ3) is 2.08. The monoisotopic (exact) mass is 235 g/mol. The Balaban J connectivity index is 2.44. The topological polar surface area (TPSA) is 49.3 Å². The molecule has 2 aromatic rings. The van der Waals surface area contributed by atoms with E-state index in [4.69, 9.17) is 5.11 Å². The smallest absolute Gasteiger partial charge is 0.336 e. The maximum atomic E-state index is 11.0. The van der Waals surface area contributed by atoms with Gasteiger partial charge in [0.05, 0.1) is 5.56 Å². The van der Waals surface area contributed by atoms with Gasteiger partial charge in [-0.3, -0.25) is 0 Å². The number of rotatable bonds is 4. The molecule has 16 heavy (non-hydrogen) atoms. The van der Waals surface area contributed by atoms with Crippen LogP contribution in [-0.4, -0.2) is 17.6 Å². The van der Waals surface area contributed by atoms with Crippen molar-refractivity contribution in [2.24, 2.45) is 0 Å². The molecule has 1 aromatic heterocycles. The lowest BCUT2D eigenvalue weighted by Crippen LogP contribution is -2.10. The molecule has 0 radical (unpaired) electrons. The third-order valence-electron chi connectivity index (χ3n) is 2.39. The van der Waals surface area contributed by atoms with Crippen LogP contribution in [0.5, 0.6) is 0 Å². The van der Waals surface area contributed by atoms with E-state index in [-0.39, 0.29) is 0 Å². The van der Waals surface area contributed by atoms with Gasteiger partial charge in [-0.2, -0.15) is 0 Å². The molecule has 0 aliphatic rings. The summed E-state index contributed by atoms with van der Waals surface area (Å²) < 4.78 is 1.04. The van der Waals surface area contributed by atoms with Crippen LogP contribution in [-0.2, 0) is 6.54 Å². The summed E-state index contributed by atoms with van der Waals surface area (Å²) in [4.78, 5) is 12.2. The third-order valence-corrected chi connectivity index (χ3v) is 3.49. The second-order valence-electron chi connectivity index (χ2n) is 3.52. The Bertz CT molecular complexity index is 519. The fourth-order valence-electron chi connectivity index (χ4n) is 1.64. The average molecular weight is 235 g/mol. The van der Waals surface area contributed by atoms with Crippen molar-refractivity contribution >= 4 is 27.4 Å². The van der Waals surface area contributed by atoms with Crippen LogP contribution in [0.4, 0.5) is 0 Å². The average Bonchev–Trinajstić information content (AvgIpc) is 2.68. The normalized spacial score (nSPS) is 10.8. The van der Waals surface area contributed by atoms with Gasteiger partial charge in [0, 0.05) is 21.5 Å². The molecule has 0 amide bonds. The van der Waals surface area contributed by atoms with Crippen molar-refractivity contribution in [3.63, 3.8) is 0 Å². The van der Waals surface area contributed by atoms with E-state index in [1.807, 2.05) is 12.1 Å². The molecule has 0 bridgehead atoms. The van der Waals surface area contributed by atoms with Crippen LogP contribution in [0, 0.1) is 0 Å². The lowest BCUT2D eigenvalue weighted by atomic mass is 10.1. The summed E-state index contributed by atoms with van der Waals surface area (Å²) in [6.07, 6.45) is 0. The van der Waals surface area contributed by atoms with Gasteiger partial charge in [-0.05, 0) is 24.7 Å². The van der Waals surface area contributed by atoms with Gasteiger partial charge in [0.1, 0.15) is 0 Å². The lowest BCUT2D eigenvalue weighted by Gasteiger charge is -1.95. The van der Waals surface area contributed by atoms with Gasteiger partial charge < -0.3 is 10.4 Å². The molecular formula is C12H13NO2S. The van der Waals surface area contributed by atoms with E-state index in [0.717, 1.165) is 23.2 Å². The molecule has 0 unspecified atom stereocenters. The first-order valence-electron chi connectivity index (χ1n) is 5.18. The van der Waals surface area contributed by atoms with Crippen molar-refractivity contribution in [1.82, 2.24) is 5.32 Å². The molecule has 2 rings (SSSR count). The van der Waals surface area contributed by atoms with E-state index >= 15 is 0 Å². The van der Waals surface area contributed by atoms with E-state index in [9.17, 15) is 4.79 Å². The highest BCUT2D eigenvalue weighted by Crippen LogP contribution is 2.28. The summed E-state index contributed by atoms with van der Waals surface area (Å²) >= 11 is 1.64. The standard InChI is InChI=1S/C12H13NO2S/c1-2-13-7-8-6-10-9(12(14)15)4-3-5-11(10)16-8/h3-6,13H,2,7H2,1H3,(H,14,15). The van der Waals surface area contributed by atoms with Crippen LogP contribution in [0.15, 0.2) is 24.3 Å². The van der Waals surface area contributed by atoms with Crippen molar-refractivity contribution in [1.29, 1.82) is 0 Å². The molecule has 3 nitrogen and oxygen atoms in total. The molecule has 84 valence electrons. The predicted octanol–water partition coefficient (Wildman–Crippen LogP) is 2.71. The number of aromatic carboxylic acids is 1. The van der Waals surface area contributed by atoms with Gasteiger partial charge in [0.15, 0.2) is 0 Å². The minimum atomic E-state index is -0.863. The minimum Gasteiger partial charge on any atom is -0.478 e. The van der Waals surface area contributed by atoms with Crippen LogP contribution < -0.4 is 5.32 Å². The summed E-state index contributed by atoms with van der Waals surface area (Å²) in [5.74, 6) is -0.863. The van der Waals surface area contributed by atoms with Crippen LogP contribution in [0.3, 0.4) is 0 Å². The van der Waals surface area contributed by atoms with Crippen molar-refractivity contribution in [2.45, 2.75) is 13.5 Å². The molecule has 0 saturated carbocycles. The van der Waals surface area contributed by atoms with E-state index < -0.39 is 5.97 Å². The lowest BCUT2D eigenvalue weighted by molar-refractivity contribution is 0.0699. The Morgan fingerprint density at radius 3 is 3.00 bits per heavy atom. The van der Waals surface area contributed by atoms with Crippen molar-refractivity contribution in [2.75, 3.05) is 6.54 Å². The van der Waals surface area contributed by atoms with Gasteiger partial charge in [-0.25, -0.2) is 4.79 Å². The van der Waals surface area contributed by atoms with Crippen molar-refractivity contribution < 1.29 is 9.90 Å². The highest BCUT2D eigenvalue weighted by atomic mass is 32.1. The van der Waals surface area contributed by atoms with E-state index in [1.165, 1.54) is 4.88 Å². The molecule has 0 aliphatic carbocycles. The zero-order valence-electron chi connectivity index (χ0n) is 8.99. The molecule has 0 fully saturated rings. The molecule has 1 heterocycles. The Labute approximate surface area is 97.7 Å². The summed E-state index contributed by atoms with van der Waals surface area (Å²) in [5.41, 5.74) is 0.386. The van der Waals surface area contributed by atoms with Crippen molar-refractivity contribution in [3.05, 3.63) is 34.7 Å². The van der Waals surface area contributed by atoms with E-state index in [1.54, 1.807) is 23.5 Å². The first-order valence-corrected chi connectivity index (χ1v) is 5.99. The highest BCUT2D eigenvalue weighted by Gasteiger charge is 2.10. The molecule has 4 heteroatoms. The van der Waals surface area contributed by atoms with Crippen LogP contribution in [0.2, 0.25) is 0 Å². The van der Waals surface area contributed by atoms with Crippen LogP contribution in [0.25, 0.3) is 10.1 Å². The Morgan fingerprint density at radius 1 is 1.50 bits per heavy atom. The molecule has 0 spiro atoms. The van der Waals surface area contributed by atoms with Gasteiger partial charge >= 0.3 is 5.97 Å². The summed E-state index contributed by atoms with van der Waals surface area (Å²) in [6.45, 7) is 3.77. The van der Waals surface area contributed by atoms with Crippen molar-refractivity contribution in [3.8, 4) is 0 Å². The molecule has 0 atom stereocenters. The SMILES string of the molecule is CCNCc1cc2c(C(=O)O)cccc2s1. The fraction of sp³-hybridized carbons (Fsp3) is 0.250. The first kappa shape index (κ1) is 11.1. The van der Waals surface area contributed by atoms with Crippen LogP contribution >= 0.6 is 11.3 Å². The maximum absolute atomic E-state index is 11.0. The van der Waals surface area contributed by atoms with Gasteiger partial charge in [0.2, 0.25) is 0 Å². The molecular weight excluding hydrogens is 222 g/mol. The minimum absolute atomic E-state index is 0.386. The quantitative estimate of drug-likeness (QED) is 0.856. The van der Waals surface area contributed by atoms with Crippen LogP contribution in [0.1, 0.15) is 22.2 Å². The summed E-state index contributed by atoms with van der Waals surface area (Å²) in [5, 5.41) is 13.1. The number of carbonyl (C=O) groups is 1. The predicted molar refractivity (Wildman–Crippen MR) is 66.2 cm³/mol. The summed E-state index contributed by atoms with van der Waals surface area (Å²) in [7, 11) is 0. The second kappa shape index (κ2) is 4.63. The number of hydrogen-bond acceptors (Lipinski definition) is 3. The zero-order valence-corrected chi connectivity index (χ0v) is 9.80. The highest BCUT2D eigenvalue weighted by molar-refractivity contribution is 7.19. The molecule has 2 N–H and O–H groups in total. The number of hydrogen-bond donors (Lipinski definition) is 2. The number of carboxylic acids is 1. The largest absolute Gasteiger partial charge is 0.478 e. The van der Waals surface area contributed by atoms with Gasteiger partial charge in [-0.15, -0.1) is 11.3 Å². The van der Waals surface area contributed by atoms with Gasteiger partial charge in [0.25, 0.3) is 0 Å². The maximum Gasteiger partial charge on any atom is 0.336 e. The number of nitrogens with one attached hydrogen (secondary N) is 1. The van der Waals surface area contributed by atoms with E-state index in [0.29, 0.717) is 5.56 Å².